The van der Waals surface area contributed by atoms with Gasteiger partial charge in [0.05, 0.1) is 13.2 Å². The maximum Gasteiger partial charge on any atom is 0.349 e. The first-order valence-electron chi connectivity index (χ1n) is 7.41. The van der Waals surface area contributed by atoms with E-state index in [4.69, 9.17) is 9.47 Å². The van der Waals surface area contributed by atoms with Gasteiger partial charge in [0.2, 0.25) is 5.13 Å². The lowest BCUT2D eigenvalue weighted by Gasteiger charge is -2.10. The molecule has 3 aromatic rings. The Kier molecular flexibility index (Phi) is 4.85. The molecule has 8 heteroatoms. The van der Waals surface area contributed by atoms with Crippen molar-refractivity contribution >= 4 is 22.3 Å². The minimum atomic E-state index is 0.114. The lowest BCUT2D eigenvalue weighted by Crippen LogP contribution is -2.32. The number of nitrogens with one attached hydrogen (secondary N) is 1. The van der Waals surface area contributed by atoms with Crippen molar-refractivity contribution in [2.45, 2.75) is 20.0 Å². The smallest absolute Gasteiger partial charge is 0.349 e. The van der Waals surface area contributed by atoms with Crippen molar-refractivity contribution in [1.29, 1.82) is 0 Å². The highest BCUT2D eigenvalue weighted by molar-refractivity contribution is 7.13. The quantitative estimate of drug-likeness (QED) is 0.693. The fraction of sp³-hybridized carbons (Fsp3) is 0.250. The second-order valence-corrected chi connectivity index (χ2v) is 6.03. The van der Waals surface area contributed by atoms with Crippen molar-refractivity contribution in [2.75, 3.05) is 12.4 Å². The number of nitrogens with zero attached hydrogens (tertiary/aromatic N) is 4. The van der Waals surface area contributed by atoms with Crippen LogP contribution < -0.4 is 19.5 Å². The Morgan fingerprint density at radius 2 is 2.04 bits per heavy atom. The van der Waals surface area contributed by atoms with E-state index in [1.807, 2.05) is 43.6 Å². The van der Waals surface area contributed by atoms with Crippen molar-refractivity contribution in [2.24, 2.45) is 0 Å². The van der Waals surface area contributed by atoms with Crippen LogP contribution in [0.5, 0.6) is 11.5 Å². The lowest BCUT2D eigenvalue weighted by molar-refractivity contribution is -0.656. The van der Waals surface area contributed by atoms with Gasteiger partial charge in [0.25, 0.3) is 0 Å². The molecule has 24 heavy (non-hydrogen) atoms. The highest BCUT2D eigenvalue weighted by Crippen LogP contribution is 2.20. The first-order chi connectivity index (χ1) is 11.6. The summed E-state index contributed by atoms with van der Waals surface area (Å²) in [5, 5.41) is 8.35. The van der Waals surface area contributed by atoms with E-state index in [9.17, 15) is 0 Å². The predicted octanol–water partition coefficient (Wildman–Crippen LogP) is 2.75. The molecule has 124 valence electrons. The Morgan fingerprint density at radius 1 is 1.17 bits per heavy atom. The average Bonchev–Trinajstić information content (AvgIpc) is 3.03. The molecule has 0 saturated carbocycles. The Bertz CT molecular complexity index is 804. The number of hydrogen-bond acceptors (Lipinski definition) is 7. The van der Waals surface area contributed by atoms with Crippen LogP contribution in [-0.2, 0) is 0 Å². The third-order valence-corrected chi connectivity index (χ3v) is 3.70. The van der Waals surface area contributed by atoms with Gasteiger partial charge in [-0.3, -0.25) is 0 Å². The molecule has 0 saturated heterocycles. The van der Waals surface area contributed by atoms with Crippen molar-refractivity contribution in [3.8, 4) is 17.3 Å². The van der Waals surface area contributed by atoms with Crippen LogP contribution in [0.15, 0.2) is 42.2 Å². The third-order valence-electron chi connectivity index (χ3n) is 2.99. The zero-order chi connectivity index (χ0) is 16.9. The van der Waals surface area contributed by atoms with Gasteiger partial charge in [-0.15, -0.1) is 0 Å². The maximum absolute atomic E-state index is 5.66. The Balaban J connectivity index is 1.73. The highest BCUT2D eigenvalue weighted by Gasteiger charge is 2.13. The summed E-state index contributed by atoms with van der Waals surface area (Å²) in [5.41, 5.74) is 1.87. The number of rotatable bonds is 6. The number of methoxy groups -OCH3 is 1. The van der Waals surface area contributed by atoms with Crippen LogP contribution in [0, 0.1) is 0 Å². The monoisotopic (exact) mass is 344 g/mol. The van der Waals surface area contributed by atoms with Gasteiger partial charge in [-0.1, -0.05) is 16.0 Å². The van der Waals surface area contributed by atoms with Gasteiger partial charge in [0.15, 0.2) is 17.5 Å². The number of ether oxygens (including phenoxy) is 2. The first-order valence-corrected chi connectivity index (χ1v) is 8.29. The summed E-state index contributed by atoms with van der Waals surface area (Å²) in [7, 11) is 1.61. The summed E-state index contributed by atoms with van der Waals surface area (Å²) in [5.74, 6) is 2.87. The van der Waals surface area contributed by atoms with Gasteiger partial charge >= 0.3 is 5.82 Å². The van der Waals surface area contributed by atoms with E-state index in [-0.39, 0.29) is 6.10 Å². The molecule has 0 amide bonds. The summed E-state index contributed by atoms with van der Waals surface area (Å²) in [6, 6.07) is 7.36. The largest absolute Gasteiger partial charge is 0.493 e. The normalized spacial score (nSPS) is 10.7. The topological polar surface area (TPSA) is 73.0 Å². The van der Waals surface area contributed by atoms with Crippen LogP contribution in [0.2, 0.25) is 0 Å². The number of aromatic nitrogens is 4. The Labute approximate surface area is 143 Å². The summed E-state index contributed by atoms with van der Waals surface area (Å²) < 4.78 is 12.5. The van der Waals surface area contributed by atoms with E-state index in [0.29, 0.717) is 22.5 Å². The first kappa shape index (κ1) is 16.1. The van der Waals surface area contributed by atoms with E-state index in [0.717, 1.165) is 5.75 Å². The minimum absolute atomic E-state index is 0.114. The van der Waals surface area contributed by atoms with E-state index in [1.165, 1.54) is 11.3 Å². The van der Waals surface area contributed by atoms with Crippen molar-refractivity contribution < 1.29 is 14.2 Å². The second-order valence-electron chi connectivity index (χ2n) is 5.20. The molecular formula is C16H18N5O2S+. The lowest BCUT2D eigenvalue weighted by atomic mass is 10.4. The fourth-order valence-electron chi connectivity index (χ4n) is 1.97. The molecule has 0 fully saturated rings. The van der Waals surface area contributed by atoms with E-state index >= 15 is 0 Å². The molecule has 0 aromatic carbocycles. The standard InChI is InChI=1S/C16H18N5O2S/c1-11(2)23-12-6-7-17-14(8-12)19-16-20-21(10-24-16)15-5-4-13(22-3)9-18-15/h4-11H,1-3H3,(H,17,19,20)/q+1. The van der Waals surface area contributed by atoms with Crippen molar-refractivity contribution in [3.63, 3.8) is 0 Å². The summed E-state index contributed by atoms with van der Waals surface area (Å²) >= 11 is 1.46. The zero-order valence-corrected chi connectivity index (χ0v) is 14.4. The van der Waals surface area contributed by atoms with Gasteiger partial charge in [-0.2, -0.15) is 0 Å². The van der Waals surface area contributed by atoms with Gasteiger partial charge in [-0.05, 0) is 36.1 Å². The molecule has 0 spiro atoms. The Hall–Kier alpha value is -2.74. The van der Waals surface area contributed by atoms with Gasteiger partial charge in [0.1, 0.15) is 11.6 Å². The fourth-order valence-corrected chi connectivity index (χ4v) is 2.62. The summed E-state index contributed by atoms with van der Waals surface area (Å²) in [4.78, 5) is 8.59. The molecule has 0 radical (unpaired) electrons. The van der Waals surface area contributed by atoms with Crippen LogP contribution in [-0.4, -0.2) is 28.3 Å². The van der Waals surface area contributed by atoms with Crippen molar-refractivity contribution in [1.82, 2.24) is 15.1 Å². The minimum Gasteiger partial charge on any atom is -0.493 e. The average molecular weight is 344 g/mol. The van der Waals surface area contributed by atoms with Crippen molar-refractivity contribution in [3.05, 3.63) is 42.2 Å². The molecule has 3 heterocycles. The summed E-state index contributed by atoms with van der Waals surface area (Å²) in [6.07, 6.45) is 3.47. The van der Waals surface area contributed by atoms with Crippen LogP contribution >= 0.6 is 11.3 Å². The van der Waals surface area contributed by atoms with Crippen LogP contribution in [0.1, 0.15) is 13.8 Å². The molecule has 3 aromatic heterocycles. The van der Waals surface area contributed by atoms with Gasteiger partial charge < -0.3 is 14.8 Å². The molecule has 0 aliphatic heterocycles. The van der Waals surface area contributed by atoms with Crippen LogP contribution in [0.4, 0.5) is 10.9 Å². The summed E-state index contributed by atoms with van der Waals surface area (Å²) in [6.45, 7) is 3.97. The van der Waals surface area contributed by atoms with E-state index < -0.39 is 0 Å². The molecule has 0 atom stereocenters. The SMILES string of the molecule is COc1ccc(-[n+]2csc(Nc3cc(OC(C)C)ccn3)n2)nc1. The molecule has 3 rings (SSSR count). The van der Waals surface area contributed by atoms with E-state index in [2.05, 4.69) is 20.4 Å². The number of anilines is 2. The molecule has 0 aliphatic carbocycles. The zero-order valence-electron chi connectivity index (χ0n) is 13.6. The van der Waals surface area contributed by atoms with Crippen LogP contribution in [0.25, 0.3) is 5.82 Å². The van der Waals surface area contributed by atoms with E-state index in [1.54, 1.807) is 24.2 Å². The predicted molar refractivity (Wildman–Crippen MR) is 91.3 cm³/mol. The molecule has 1 N–H and O–H groups in total. The molecule has 0 unspecified atom stereocenters. The number of hydrogen-bond donors (Lipinski definition) is 1. The molecular weight excluding hydrogens is 326 g/mol. The molecule has 0 bridgehead atoms. The highest BCUT2D eigenvalue weighted by atomic mass is 32.1. The van der Waals surface area contributed by atoms with Crippen LogP contribution in [0.3, 0.4) is 0 Å². The molecule has 0 aliphatic rings. The third kappa shape index (κ3) is 3.96. The van der Waals surface area contributed by atoms with Gasteiger partial charge in [0, 0.05) is 18.3 Å². The Morgan fingerprint density at radius 3 is 2.75 bits per heavy atom. The maximum atomic E-state index is 5.66. The second kappa shape index (κ2) is 7.22. The number of pyridine rings is 2. The molecule has 7 nitrogen and oxygen atoms in total. The van der Waals surface area contributed by atoms with Gasteiger partial charge in [-0.25, -0.2) is 4.98 Å².